The average Bonchev–Trinajstić information content (AvgIpc) is 2.56. The van der Waals surface area contributed by atoms with Crippen molar-refractivity contribution >= 4 is 5.91 Å². The third kappa shape index (κ3) is 4.08. The number of nitrogens with zero attached hydrogens (tertiary/aromatic N) is 1. The molecule has 5 heteroatoms. The topological polar surface area (TPSA) is 93.4 Å². The van der Waals surface area contributed by atoms with E-state index in [0.29, 0.717) is 17.5 Å². The minimum absolute atomic E-state index is 0.168. The Morgan fingerprint density at radius 1 is 1.23 bits per heavy atom. The molecule has 0 heterocycles. The molecule has 5 nitrogen and oxygen atoms in total. The lowest BCUT2D eigenvalue weighted by Crippen LogP contribution is -2.39. The molecule has 3 N–H and O–H groups in total. The summed E-state index contributed by atoms with van der Waals surface area (Å²) in [6.07, 6.45) is 0.445. The van der Waals surface area contributed by atoms with Crippen LogP contribution >= 0.6 is 0 Å². The molecule has 1 atom stereocenters. The smallest absolute Gasteiger partial charge is 0.251 e. The highest BCUT2D eigenvalue weighted by Gasteiger charge is 2.14. The molecule has 0 radical (unpaired) electrons. The van der Waals surface area contributed by atoms with Crippen LogP contribution in [0.5, 0.6) is 5.75 Å². The maximum absolute atomic E-state index is 12.2. The molecule has 0 bridgehead atoms. The normalized spacial score (nSPS) is 11.5. The summed E-state index contributed by atoms with van der Waals surface area (Å²) in [5.74, 6) is -0.170. The highest BCUT2D eigenvalue weighted by atomic mass is 16.3. The maximum Gasteiger partial charge on any atom is 0.251 e. The van der Waals surface area contributed by atoms with Crippen LogP contribution in [0.3, 0.4) is 0 Å². The second-order valence-corrected chi connectivity index (χ2v) is 4.92. The van der Waals surface area contributed by atoms with Gasteiger partial charge in [0.15, 0.2) is 0 Å². The Morgan fingerprint density at radius 3 is 2.59 bits per heavy atom. The van der Waals surface area contributed by atoms with E-state index < -0.39 is 6.04 Å². The fraction of sp³-hybridized carbons (Fsp3) is 0.176. The molecule has 112 valence electrons. The molecule has 0 fully saturated rings. The third-order valence-electron chi connectivity index (χ3n) is 3.23. The molecule has 1 amide bonds. The van der Waals surface area contributed by atoms with E-state index in [2.05, 4.69) is 5.32 Å². The van der Waals surface area contributed by atoms with E-state index in [4.69, 9.17) is 5.26 Å². The summed E-state index contributed by atoms with van der Waals surface area (Å²) >= 11 is 0. The van der Waals surface area contributed by atoms with Crippen molar-refractivity contribution in [3.63, 3.8) is 0 Å². The Labute approximate surface area is 128 Å². The SMILES string of the molecule is N#Cc1cccc(C(=O)N[C@H](CO)Cc2ccc(O)cc2)c1. The van der Waals surface area contributed by atoms with E-state index in [0.717, 1.165) is 5.56 Å². The molecule has 0 spiro atoms. The van der Waals surface area contributed by atoms with Crippen molar-refractivity contribution in [2.24, 2.45) is 0 Å². The summed E-state index contributed by atoms with van der Waals surface area (Å²) in [5, 5.41) is 30.3. The number of hydrogen-bond donors (Lipinski definition) is 3. The largest absolute Gasteiger partial charge is 0.508 e. The Kier molecular flexibility index (Phi) is 5.12. The zero-order valence-corrected chi connectivity index (χ0v) is 11.9. The van der Waals surface area contributed by atoms with Crippen molar-refractivity contribution in [3.8, 4) is 11.8 Å². The molecule has 0 unspecified atom stereocenters. The fourth-order valence-corrected chi connectivity index (χ4v) is 2.08. The minimum Gasteiger partial charge on any atom is -0.508 e. The Balaban J connectivity index is 2.04. The van der Waals surface area contributed by atoms with Crippen molar-refractivity contribution in [3.05, 3.63) is 65.2 Å². The van der Waals surface area contributed by atoms with Gasteiger partial charge in [-0.05, 0) is 42.3 Å². The van der Waals surface area contributed by atoms with E-state index >= 15 is 0 Å². The summed E-state index contributed by atoms with van der Waals surface area (Å²) < 4.78 is 0. The van der Waals surface area contributed by atoms with Crippen LogP contribution in [-0.2, 0) is 6.42 Å². The van der Waals surface area contributed by atoms with Gasteiger partial charge in [-0.15, -0.1) is 0 Å². The van der Waals surface area contributed by atoms with E-state index in [1.54, 1.807) is 42.5 Å². The fourth-order valence-electron chi connectivity index (χ4n) is 2.08. The number of carbonyl (C=O) groups is 1. The van der Waals surface area contributed by atoms with Crippen LogP contribution in [0.15, 0.2) is 48.5 Å². The lowest BCUT2D eigenvalue weighted by atomic mass is 10.1. The monoisotopic (exact) mass is 296 g/mol. The van der Waals surface area contributed by atoms with Crippen molar-refractivity contribution in [1.82, 2.24) is 5.32 Å². The van der Waals surface area contributed by atoms with Crippen LogP contribution in [0.2, 0.25) is 0 Å². The highest BCUT2D eigenvalue weighted by Crippen LogP contribution is 2.12. The zero-order chi connectivity index (χ0) is 15.9. The number of phenols is 1. The predicted molar refractivity (Wildman–Crippen MR) is 81.3 cm³/mol. The first-order valence-corrected chi connectivity index (χ1v) is 6.82. The lowest BCUT2D eigenvalue weighted by molar-refractivity contribution is 0.0916. The van der Waals surface area contributed by atoms with Gasteiger partial charge in [0.05, 0.1) is 24.3 Å². The van der Waals surface area contributed by atoms with Crippen LogP contribution in [0, 0.1) is 11.3 Å². The predicted octanol–water partition coefficient (Wildman–Crippen LogP) is 1.60. The number of phenolic OH excluding ortho intramolecular Hbond substituents is 1. The van der Waals surface area contributed by atoms with Gasteiger partial charge in [0.2, 0.25) is 0 Å². The molecule has 0 aromatic heterocycles. The van der Waals surface area contributed by atoms with Gasteiger partial charge in [-0.1, -0.05) is 18.2 Å². The number of hydrogen-bond acceptors (Lipinski definition) is 4. The number of nitriles is 1. The third-order valence-corrected chi connectivity index (χ3v) is 3.23. The quantitative estimate of drug-likeness (QED) is 0.781. The Hall–Kier alpha value is -2.84. The average molecular weight is 296 g/mol. The second-order valence-electron chi connectivity index (χ2n) is 4.92. The summed E-state index contributed by atoms with van der Waals surface area (Å²) in [7, 11) is 0. The van der Waals surface area contributed by atoms with Gasteiger partial charge in [0.1, 0.15) is 5.75 Å². The van der Waals surface area contributed by atoms with E-state index in [1.165, 1.54) is 6.07 Å². The Bertz CT molecular complexity index is 690. The minimum atomic E-state index is -0.442. The molecular weight excluding hydrogens is 280 g/mol. The van der Waals surface area contributed by atoms with Gasteiger partial charge in [-0.25, -0.2) is 0 Å². The van der Waals surface area contributed by atoms with Gasteiger partial charge >= 0.3 is 0 Å². The van der Waals surface area contributed by atoms with E-state index in [9.17, 15) is 15.0 Å². The summed E-state index contributed by atoms with van der Waals surface area (Å²) in [5.41, 5.74) is 1.68. The van der Waals surface area contributed by atoms with Gasteiger partial charge in [0.25, 0.3) is 5.91 Å². The number of aliphatic hydroxyl groups is 1. The summed E-state index contributed by atoms with van der Waals surface area (Å²) in [6.45, 7) is -0.204. The number of aliphatic hydroxyl groups excluding tert-OH is 1. The number of aromatic hydroxyl groups is 1. The zero-order valence-electron chi connectivity index (χ0n) is 11.9. The molecule has 0 aliphatic carbocycles. The van der Waals surface area contributed by atoms with Crippen LogP contribution in [0.1, 0.15) is 21.5 Å². The van der Waals surface area contributed by atoms with Crippen LogP contribution in [-0.4, -0.2) is 28.8 Å². The number of carbonyl (C=O) groups excluding carboxylic acids is 1. The van der Waals surface area contributed by atoms with Gasteiger partial charge in [0, 0.05) is 5.56 Å². The highest BCUT2D eigenvalue weighted by molar-refractivity contribution is 5.94. The van der Waals surface area contributed by atoms with Crippen LogP contribution in [0.4, 0.5) is 0 Å². The molecule has 2 aromatic carbocycles. The van der Waals surface area contributed by atoms with Crippen molar-refractivity contribution in [1.29, 1.82) is 5.26 Å². The number of amides is 1. The summed E-state index contributed by atoms with van der Waals surface area (Å²) in [6, 6.07) is 14.5. The van der Waals surface area contributed by atoms with E-state index in [1.807, 2.05) is 6.07 Å². The van der Waals surface area contributed by atoms with Crippen molar-refractivity contribution < 1.29 is 15.0 Å². The Morgan fingerprint density at radius 2 is 1.95 bits per heavy atom. The second kappa shape index (κ2) is 7.25. The molecule has 0 aliphatic rings. The lowest BCUT2D eigenvalue weighted by Gasteiger charge is -2.16. The molecule has 0 saturated heterocycles. The van der Waals surface area contributed by atoms with Crippen molar-refractivity contribution in [2.45, 2.75) is 12.5 Å². The first-order chi connectivity index (χ1) is 10.6. The standard InChI is InChI=1S/C17H16N2O3/c18-10-13-2-1-3-14(8-13)17(22)19-15(11-20)9-12-4-6-16(21)7-5-12/h1-8,15,20-21H,9,11H2,(H,19,22)/t15-/m0/s1. The van der Waals surface area contributed by atoms with Crippen LogP contribution in [0.25, 0.3) is 0 Å². The van der Waals surface area contributed by atoms with Crippen LogP contribution < -0.4 is 5.32 Å². The maximum atomic E-state index is 12.2. The number of rotatable bonds is 5. The van der Waals surface area contributed by atoms with Gasteiger partial charge in [-0.3, -0.25) is 4.79 Å². The van der Waals surface area contributed by atoms with Crippen molar-refractivity contribution in [2.75, 3.05) is 6.61 Å². The van der Waals surface area contributed by atoms with E-state index in [-0.39, 0.29) is 18.3 Å². The first kappa shape index (κ1) is 15.5. The molecule has 2 rings (SSSR count). The molecule has 0 saturated carbocycles. The summed E-state index contributed by atoms with van der Waals surface area (Å²) in [4.78, 5) is 12.2. The molecular formula is C17H16N2O3. The first-order valence-electron chi connectivity index (χ1n) is 6.82. The van der Waals surface area contributed by atoms with Gasteiger partial charge < -0.3 is 15.5 Å². The number of nitrogens with one attached hydrogen (secondary N) is 1. The molecule has 22 heavy (non-hydrogen) atoms. The molecule has 0 aliphatic heterocycles. The van der Waals surface area contributed by atoms with Gasteiger partial charge in [-0.2, -0.15) is 5.26 Å². The molecule has 2 aromatic rings. The number of benzene rings is 2.